The first-order valence-electron chi connectivity index (χ1n) is 5.79. The van der Waals surface area contributed by atoms with E-state index in [0.717, 1.165) is 11.3 Å². The summed E-state index contributed by atoms with van der Waals surface area (Å²) in [6.07, 6.45) is 0. The zero-order valence-electron chi connectivity index (χ0n) is 10.5. The summed E-state index contributed by atoms with van der Waals surface area (Å²) in [5, 5.41) is 2.97. The molecule has 0 aliphatic rings. The molecule has 17 heavy (non-hydrogen) atoms. The Hall–Kier alpha value is -1.00. The quantitative estimate of drug-likeness (QED) is 0.625. The first-order chi connectivity index (χ1) is 8.22. The predicted octanol–water partition coefficient (Wildman–Crippen LogP) is 2.62. The molecule has 1 atom stereocenters. The third-order valence-electron chi connectivity index (χ3n) is 2.34. The number of esters is 1. The summed E-state index contributed by atoms with van der Waals surface area (Å²) in [5.74, 6) is 0.818. The van der Waals surface area contributed by atoms with Gasteiger partial charge in [0.05, 0.1) is 6.61 Å². The van der Waals surface area contributed by atoms with Crippen LogP contribution in [0.3, 0.4) is 0 Å². The van der Waals surface area contributed by atoms with Crippen molar-refractivity contribution in [2.24, 2.45) is 0 Å². The Bertz CT molecular complexity index is 351. The summed E-state index contributed by atoms with van der Waals surface area (Å²) in [5.41, 5.74) is 0.936. The van der Waals surface area contributed by atoms with Crippen LogP contribution in [0, 0.1) is 0 Å². The minimum Gasteiger partial charge on any atom is -0.465 e. The zero-order chi connectivity index (χ0) is 12.7. The summed E-state index contributed by atoms with van der Waals surface area (Å²) in [4.78, 5) is 12.9. The Morgan fingerprint density at radius 3 is 2.47 bits per heavy atom. The molecule has 0 heterocycles. The second-order valence-corrected chi connectivity index (χ2v) is 4.81. The van der Waals surface area contributed by atoms with E-state index in [1.165, 1.54) is 4.90 Å². The van der Waals surface area contributed by atoms with Crippen LogP contribution in [0.25, 0.3) is 0 Å². The van der Waals surface area contributed by atoms with E-state index in [2.05, 4.69) is 12.2 Å². The normalized spacial score (nSPS) is 12.2. The topological polar surface area (TPSA) is 38.3 Å². The average molecular weight is 253 g/mol. The molecule has 1 aromatic carbocycles. The van der Waals surface area contributed by atoms with Crippen molar-refractivity contribution in [3.63, 3.8) is 0 Å². The van der Waals surface area contributed by atoms with Crippen molar-refractivity contribution in [3.8, 4) is 0 Å². The van der Waals surface area contributed by atoms with E-state index in [1.54, 1.807) is 18.8 Å². The van der Waals surface area contributed by atoms with Crippen LogP contribution in [0.1, 0.15) is 25.5 Å². The monoisotopic (exact) mass is 253 g/mol. The van der Waals surface area contributed by atoms with Crippen molar-refractivity contribution in [1.29, 1.82) is 0 Å². The van der Waals surface area contributed by atoms with Gasteiger partial charge >= 0.3 is 5.97 Å². The molecule has 0 spiro atoms. The fraction of sp³-hybridized carbons (Fsp3) is 0.462. The lowest BCUT2D eigenvalue weighted by molar-refractivity contribution is -0.145. The van der Waals surface area contributed by atoms with Crippen LogP contribution in [0.15, 0.2) is 29.2 Å². The molecule has 0 aliphatic carbocycles. The Morgan fingerprint density at radius 1 is 1.35 bits per heavy atom. The molecule has 0 bridgehead atoms. The SMILES string of the molecule is CCOC(=O)C(NC)c1ccc(SCC)cc1. The van der Waals surface area contributed by atoms with Gasteiger partial charge in [0.25, 0.3) is 0 Å². The Balaban J connectivity index is 2.78. The molecule has 1 unspecified atom stereocenters. The number of likely N-dealkylation sites (N-methyl/N-ethyl adjacent to an activating group) is 1. The number of thioether (sulfide) groups is 1. The minimum atomic E-state index is -0.379. The van der Waals surface area contributed by atoms with Gasteiger partial charge in [-0.25, -0.2) is 4.79 Å². The summed E-state index contributed by atoms with van der Waals surface area (Å²) < 4.78 is 5.02. The van der Waals surface area contributed by atoms with Gasteiger partial charge in [0, 0.05) is 4.90 Å². The molecule has 1 aromatic rings. The molecule has 0 aliphatic heterocycles. The number of carbonyl (C=O) groups is 1. The number of ether oxygens (including phenoxy) is 1. The van der Waals surface area contributed by atoms with Crippen LogP contribution >= 0.6 is 11.8 Å². The maximum atomic E-state index is 11.7. The highest BCUT2D eigenvalue weighted by molar-refractivity contribution is 7.99. The van der Waals surface area contributed by atoms with E-state index in [0.29, 0.717) is 6.61 Å². The van der Waals surface area contributed by atoms with Crippen LogP contribution in [-0.4, -0.2) is 25.4 Å². The van der Waals surface area contributed by atoms with E-state index in [9.17, 15) is 4.79 Å². The van der Waals surface area contributed by atoms with Crippen LogP contribution in [0.4, 0.5) is 0 Å². The van der Waals surface area contributed by atoms with E-state index >= 15 is 0 Å². The van der Waals surface area contributed by atoms with Crippen molar-refractivity contribution < 1.29 is 9.53 Å². The fourth-order valence-corrected chi connectivity index (χ4v) is 2.23. The average Bonchev–Trinajstić information content (AvgIpc) is 2.33. The second kappa shape index (κ2) is 7.35. The fourth-order valence-electron chi connectivity index (χ4n) is 1.57. The molecule has 0 saturated carbocycles. The summed E-state index contributed by atoms with van der Waals surface area (Å²) >= 11 is 1.79. The lowest BCUT2D eigenvalue weighted by atomic mass is 10.1. The van der Waals surface area contributed by atoms with Crippen molar-refractivity contribution in [2.75, 3.05) is 19.4 Å². The molecule has 0 fully saturated rings. The number of rotatable bonds is 6. The molecule has 1 N–H and O–H groups in total. The Kier molecular flexibility index (Phi) is 6.08. The Morgan fingerprint density at radius 2 is 2.00 bits per heavy atom. The van der Waals surface area contributed by atoms with Crippen LogP contribution in [0.5, 0.6) is 0 Å². The standard InChI is InChI=1S/C13H19NO2S/c1-4-16-13(15)12(14-3)10-6-8-11(9-7-10)17-5-2/h6-9,12,14H,4-5H2,1-3H3. The van der Waals surface area contributed by atoms with Gasteiger partial charge in [-0.05, 0) is 37.4 Å². The van der Waals surface area contributed by atoms with Crippen molar-refractivity contribution >= 4 is 17.7 Å². The van der Waals surface area contributed by atoms with Gasteiger partial charge in [0.2, 0.25) is 0 Å². The molecule has 0 aromatic heterocycles. The van der Waals surface area contributed by atoms with Crippen LogP contribution < -0.4 is 5.32 Å². The number of carbonyl (C=O) groups excluding carboxylic acids is 1. The molecule has 1 rings (SSSR count). The van der Waals surface area contributed by atoms with Gasteiger partial charge in [-0.2, -0.15) is 0 Å². The maximum absolute atomic E-state index is 11.7. The lowest BCUT2D eigenvalue weighted by Gasteiger charge is -2.15. The molecule has 4 heteroatoms. The van der Waals surface area contributed by atoms with Crippen LogP contribution in [0.2, 0.25) is 0 Å². The first kappa shape index (κ1) is 14.1. The third kappa shape index (κ3) is 4.06. The molecule has 3 nitrogen and oxygen atoms in total. The second-order valence-electron chi connectivity index (χ2n) is 3.48. The molecule has 94 valence electrons. The van der Waals surface area contributed by atoms with Gasteiger partial charge in [-0.3, -0.25) is 0 Å². The summed E-state index contributed by atoms with van der Waals surface area (Å²) in [7, 11) is 1.76. The number of hydrogen-bond donors (Lipinski definition) is 1. The highest BCUT2D eigenvalue weighted by Crippen LogP contribution is 2.21. The predicted molar refractivity (Wildman–Crippen MR) is 71.3 cm³/mol. The van der Waals surface area contributed by atoms with Gasteiger partial charge in [0.1, 0.15) is 6.04 Å². The highest BCUT2D eigenvalue weighted by Gasteiger charge is 2.19. The molecular formula is C13H19NO2S. The smallest absolute Gasteiger partial charge is 0.327 e. The van der Waals surface area contributed by atoms with Crippen LogP contribution in [-0.2, 0) is 9.53 Å². The minimum absolute atomic E-state index is 0.231. The van der Waals surface area contributed by atoms with E-state index in [4.69, 9.17) is 4.74 Å². The first-order valence-corrected chi connectivity index (χ1v) is 6.78. The molecule has 0 saturated heterocycles. The van der Waals surface area contributed by atoms with Crippen molar-refractivity contribution in [3.05, 3.63) is 29.8 Å². The van der Waals surface area contributed by atoms with Crippen molar-refractivity contribution in [1.82, 2.24) is 5.32 Å². The van der Waals surface area contributed by atoms with E-state index in [-0.39, 0.29) is 12.0 Å². The van der Waals surface area contributed by atoms with Gasteiger partial charge < -0.3 is 10.1 Å². The molecular weight excluding hydrogens is 234 g/mol. The van der Waals surface area contributed by atoms with Gasteiger partial charge in [-0.15, -0.1) is 11.8 Å². The van der Waals surface area contributed by atoms with Gasteiger partial charge in [0.15, 0.2) is 0 Å². The van der Waals surface area contributed by atoms with Gasteiger partial charge in [-0.1, -0.05) is 19.1 Å². The summed E-state index contributed by atoms with van der Waals surface area (Å²) in [6, 6.07) is 7.63. The number of benzene rings is 1. The Labute approximate surface area is 107 Å². The highest BCUT2D eigenvalue weighted by atomic mass is 32.2. The summed E-state index contributed by atoms with van der Waals surface area (Å²) in [6.45, 7) is 4.33. The van der Waals surface area contributed by atoms with E-state index < -0.39 is 0 Å². The molecule has 0 radical (unpaired) electrons. The molecule has 0 amide bonds. The zero-order valence-corrected chi connectivity index (χ0v) is 11.3. The maximum Gasteiger partial charge on any atom is 0.327 e. The van der Waals surface area contributed by atoms with Crippen molar-refractivity contribution in [2.45, 2.75) is 24.8 Å². The number of hydrogen-bond acceptors (Lipinski definition) is 4. The van der Waals surface area contributed by atoms with E-state index in [1.807, 2.05) is 31.2 Å². The number of nitrogens with one attached hydrogen (secondary N) is 1. The largest absolute Gasteiger partial charge is 0.465 e. The lowest BCUT2D eigenvalue weighted by Crippen LogP contribution is -2.27. The third-order valence-corrected chi connectivity index (χ3v) is 3.23.